The summed E-state index contributed by atoms with van der Waals surface area (Å²) in [6.45, 7) is 0.803. The molecule has 0 bridgehead atoms. The summed E-state index contributed by atoms with van der Waals surface area (Å²) >= 11 is 0. The zero-order valence-corrected chi connectivity index (χ0v) is 15.7. The molecule has 0 unspecified atom stereocenters. The zero-order chi connectivity index (χ0) is 18.1. The standard InChI is InChI=1S/C19H23N3O3.ClH/c1-20-13-3-4-18(23)21-15-7-5-14(6-8-15)19(24)22-16-9-11-17(25-2)12-10-16;/h5-12,20H,3-4,13H2,1-2H3,(H,21,23)(H,22,24);1H. The van der Waals surface area contributed by atoms with Gasteiger partial charge in [-0.2, -0.15) is 0 Å². The van der Waals surface area contributed by atoms with Gasteiger partial charge in [-0.15, -0.1) is 12.4 Å². The molecule has 0 spiro atoms. The van der Waals surface area contributed by atoms with Crippen LogP contribution >= 0.6 is 12.4 Å². The molecule has 0 heterocycles. The van der Waals surface area contributed by atoms with Crippen LogP contribution in [0.5, 0.6) is 5.75 Å². The van der Waals surface area contributed by atoms with Crippen LogP contribution in [0.4, 0.5) is 11.4 Å². The smallest absolute Gasteiger partial charge is 0.255 e. The topological polar surface area (TPSA) is 79.5 Å². The number of anilines is 2. The number of hydrogen-bond donors (Lipinski definition) is 3. The van der Waals surface area contributed by atoms with Crippen molar-refractivity contribution in [2.24, 2.45) is 0 Å². The van der Waals surface area contributed by atoms with Gasteiger partial charge in [-0.1, -0.05) is 0 Å². The Balaban J connectivity index is 0.00000338. The van der Waals surface area contributed by atoms with Crippen molar-refractivity contribution in [1.29, 1.82) is 0 Å². The molecule has 6 nitrogen and oxygen atoms in total. The third-order valence-corrected chi connectivity index (χ3v) is 3.61. The van der Waals surface area contributed by atoms with Gasteiger partial charge in [-0.25, -0.2) is 0 Å². The second-order valence-electron chi connectivity index (χ2n) is 5.52. The van der Waals surface area contributed by atoms with E-state index in [9.17, 15) is 9.59 Å². The number of rotatable bonds is 8. The maximum atomic E-state index is 12.2. The minimum Gasteiger partial charge on any atom is -0.497 e. The quantitative estimate of drug-likeness (QED) is 0.616. The monoisotopic (exact) mass is 377 g/mol. The van der Waals surface area contributed by atoms with Crippen LogP contribution in [0.3, 0.4) is 0 Å². The molecule has 0 aromatic heterocycles. The Morgan fingerprint density at radius 1 is 0.923 bits per heavy atom. The highest BCUT2D eigenvalue weighted by Gasteiger charge is 2.07. The van der Waals surface area contributed by atoms with Crippen LogP contribution in [-0.2, 0) is 4.79 Å². The Hall–Kier alpha value is -2.57. The number of amides is 2. The second-order valence-corrected chi connectivity index (χ2v) is 5.52. The summed E-state index contributed by atoms with van der Waals surface area (Å²) in [5.74, 6) is 0.482. The first-order chi connectivity index (χ1) is 12.1. The van der Waals surface area contributed by atoms with Crippen LogP contribution in [0, 0.1) is 0 Å². The molecule has 0 saturated carbocycles. The minimum atomic E-state index is -0.211. The third kappa shape index (κ3) is 6.74. The van der Waals surface area contributed by atoms with Gasteiger partial charge in [0.1, 0.15) is 5.75 Å². The van der Waals surface area contributed by atoms with E-state index in [4.69, 9.17) is 4.74 Å². The number of halogens is 1. The highest BCUT2D eigenvalue weighted by Crippen LogP contribution is 2.17. The molecule has 0 aliphatic rings. The zero-order valence-electron chi connectivity index (χ0n) is 14.9. The molecule has 2 rings (SSSR count). The van der Waals surface area contributed by atoms with E-state index in [2.05, 4.69) is 16.0 Å². The number of carbonyl (C=O) groups excluding carboxylic acids is 2. The van der Waals surface area contributed by atoms with E-state index in [1.165, 1.54) is 0 Å². The van der Waals surface area contributed by atoms with Gasteiger partial charge in [0, 0.05) is 23.4 Å². The molecule has 2 amide bonds. The molecule has 0 radical (unpaired) electrons. The predicted molar refractivity (Wildman–Crippen MR) is 106 cm³/mol. The number of methoxy groups -OCH3 is 1. The largest absolute Gasteiger partial charge is 0.497 e. The molecule has 7 heteroatoms. The molecule has 0 saturated heterocycles. The van der Waals surface area contributed by atoms with E-state index >= 15 is 0 Å². The van der Waals surface area contributed by atoms with Crippen LogP contribution in [0.1, 0.15) is 23.2 Å². The van der Waals surface area contributed by atoms with Crippen LogP contribution < -0.4 is 20.7 Å². The lowest BCUT2D eigenvalue weighted by Gasteiger charge is -2.08. The summed E-state index contributed by atoms with van der Waals surface area (Å²) in [7, 11) is 3.45. The van der Waals surface area contributed by atoms with E-state index in [-0.39, 0.29) is 24.2 Å². The summed E-state index contributed by atoms with van der Waals surface area (Å²) < 4.78 is 5.08. The summed E-state index contributed by atoms with van der Waals surface area (Å²) in [5, 5.41) is 8.63. The summed E-state index contributed by atoms with van der Waals surface area (Å²) in [6.07, 6.45) is 1.24. The van der Waals surface area contributed by atoms with Crippen molar-refractivity contribution in [1.82, 2.24) is 5.32 Å². The first kappa shape index (κ1) is 21.5. The molecular weight excluding hydrogens is 354 g/mol. The van der Waals surface area contributed by atoms with Crippen molar-refractivity contribution in [3.63, 3.8) is 0 Å². The molecule has 2 aromatic rings. The van der Waals surface area contributed by atoms with Gasteiger partial charge >= 0.3 is 0 Å². The molecule has 0 aliphatic heterocycles. The van der Waals surface area contributed by atoms with E-state index < -0.39 is 0 Å². The molecule has 3 N–H and O–H groups in total. The molecule has 0 fully saturated rings. The van der Waals surface area contributed by atoms with Crippen LogP contribution in [0.25, 0.3) is 0 Å². The fourth-order valence-corrected chi connectivity index (χ4v) is 2.23. The van der Waals surface area contributed by atoms with Gasteiger partial charge in [0.25, 0.3) is 5.91 Å². The Kier molecular flexibility index (Phi) is 9.19. The molecular formula is C19H24ClN3O3. The Bertz CT molecular complexity index is 703. The first-order valence-electron chi connectivity index (χ1n) is 8.12. The van der Waals surface area contributed by atoms with Gasteiger partial charge in [0.05, 0.1) is 7.11 Å². The van der Waals surface area contributed by atoms with Crippen molar-refractivity contribution in [3.8, 4) is 5.75 Å². The second kappa shape index (κ2) is 11.1. The number of carbonyl (C=O) groups is 2. The SMILES string of the molecule is CNCCCC(=O)Nc1ccc(C(=O)Nc2ccc(OC)cc2)cc1.Cl. The molecule has 0 atom stereocenters. The fourth-order valence-electron chi connectivity index (χ4n) is 2.23. The average molecular weight is 378 g/mol. The lowest BCUT2D eigenvalue weighted by atomic mass is 10.2. The van der Waals surface area contributed by atoms with Gasteiger partial charge in [-0.3, -0.25) is 9.59 Å². The number of nitrogens with one attached hydrogen (secondary N) is 3. The van der Waals surface area contributed by atoms with E-state index in [0.717, 1.165) is 18.7 Å². The molecule has 2 aromatic carbocycles. The third-order valence-electron chi connectivity index (χ3n) is 3.61. The number of hydrogen-bond acceptors (Lipinski definition) is 4. The minimum absolute atomic E-state index is 0. The van der Waals surface area contributed by atoms with Crippen LogP contribution in [0.15, 0.2) is 48.5 Å². The highest BCUT2D eigenvalue weighted by molar-refractivity contribution is 6.04. The summed E-state index contributed by atoms with van der Waals surface area (Å²) in [4.78, 5) is 24.0. The Labute approximate surface area is 159 Å². The van der Waals surface area contributed by atoms with E-state index in [1.54, 1.807) is 55.6 Å². The van der Waals surface area contributed by atoms with Crippen molar-refractivity contribution >= 4 is 35.6 Å². The van der Waals surface area contributed by atoms with Gasteiger partial charge in [0.2, 0.25) is 5.91 Å². The van der Waals surface area contributed by atoms with Gasteiger partial charge < -0.3 is 20.7 Å². The highest BCUT2D eigenvalue weighted by atomic mass is 35.5. The maximum Gasteiger partial charge on any atom is 0.255 e. The molecule has 140 valence electrons. The van der Waals surface area contributed by atoms with Crippen LogP contribution in [0.2, 0.25) is 0 Å². The van der Waals surface area contributed by atoms with Crippen molar-refractivity contribution in [3.05, 3.63) is 54.1 Å². The van der Waals surface area contributed by atoms with Gasteiger partial charge in [-0.05, 0) is 68.5 Å². The summed E-state index contributed by atoms with van der Waals surface area (Å²) in [5.41, 5.74) is 1.88. The Morgan fingerprint density at radius 3 is 2.08 bits per heavy atom. The van der Waals surface area contributed by atoms with Crippen molar-refractivity contribution < 1.29 is 14.3 Å². The normalized spacial score (nSPS) is 9.77. The van der Waals surface area contributed by atoms with E-state index in [1.807, 2.05) is 7.05 Å². The number of ether oxygens (including phenoxy) is 1. The Morgan fingerprint density at radius 2 is 1.50 bits per heavy atom. The maximum absolute atomic E-state index is 12.2. The average Bonchev–Trinajstić information content (AvgIpc) is 2.63. The fraction of sp³-hybridized carbons (Fsp3) is 0.263. The van der Waals surface area contributed by atoms with Gasteiger partial charge in [0.15, 0.2) is 0 Å². The van der Waals surface area contributed by atoms with Crippen LogP contribution in [-0.4, -0.2) is 32.5 Å². The molecule has 0 aliphatic carbocycles. The van der Waals surface area contributed by atoms with Crippen molar-refractivity contribution in [2.45, 2.75) is 12.8 Å². The lowest BCUT2D eigenvalue weighted by molar-refractivity contribution is -0.116. The summed E-state index contributed by atoms with van der Waals surface area (Å²) in [6, 6.07) is 13.9. The van der Waals surface area contributed by atoms with Crippen molar-refractivity contribution in [2.75, 3.05) is 31.3 Å². The first-order valence-corrected chi connectivity index (χ1v) is 8.12. The molecule has 26 heavy (non-hydrogen) atoms. The lowest BCUT2D eigenvalue weighted by Crippen LogP contribution is -2.15. The van der Waals surface area contributed by atoms with E-state index in [0.29, 0.717) is 23.4 Å². The number of benzene rings is 2. The predicted octanol–water partition coefficient (Wildman–Crippen LogP) is 3.31.